The molecule has 1 heterocycles. The summed E-state index contributed by atoms with van der Waals surface area (Å²) >= 11 is 0. The molecule has 0 spiro atoms. The van der Waals surface area contributed by atoms with Gasteiger partial charge >= 0.3 is 0 Å². The van der Waals surface area contributed by atoms with Crippen molar-refractivity contribution in [1.29, 1.82) is 0 Å². The molecule has 0 aromatic carbocycles. The normalized spacial score (nSPS) is 29.2. The van der Waals surface area contributed by atoms with E-state index in [9.17, 15) is 8.78 Å². The largest absolute Gasteiger partial charge is 0.323 e. The topological polar surface area (TPSA) is 29.3 Å². The molecule has 1 saturated heterocycles. The Bertz CT molecular complexity index is 159. The fraction of sp³-hybridized carbons (Fsp3) is 1.00. The molecule has 0 amide bonds. The lowest BCUT2D eigenvalue weighted by molar-refractivity contribution is -0.0708. The predicted octanol–water partition coefficient (Wildman–Crippen LogP) is 0.921. The monoisotopic (exact) mass is 178 g/mol. The second-order valence-corrected chi connectivity index (χ2v) is 3.71. The second kappa shape index (κ2) is 3.26. The van der Waals surface area contributed by atoms with E-state index < -0.39 is 17.9 Å². The minimum absolute atomic E-state index is 0.467. The summed E-state index contributed by atoms with van der Waals surface area (Å²) in [5.74, 6) is -3.26. The Kier molecular flexibility index (Phi) is 2.68. The average molecular weight is 178 g/mol. The molecule has 2 atom stereocenters. The van der Waals surface area contributed by atoms with Gasteiger partial charge in [-0.3, -0.25) is 0 Å². The van der Waals surface area contributed by atoms with Crippen molar-refractivity contribution in [3.8, 4) is 0 Å². The zero-order valence-electron chi connectivity index (χ0n) is 7.56. The summed E-state index contributed by atoms with van der Waals surface area (Å²) in [5, 5.41) is 0. The van der Waals surface area contributed by atoms with Gasteiger partial charge in [0.25, 0.3) is 5.92 Å². The van der Waals surface area contributed by atoms with Gasteiger partial charge in [-0.2, -0.15) is 0 Å². The summed E-state index contributed by atoms with van der Waals surface area (Å²) in [5.41, 5.74) is 5.23. The lowest BCUT2D eigenvalue weighted by Crippen LogP contribution is -2.45. The molecule has 1 aliphatic heterocycles. The third-order valence-corrected chi connectivity index (χ3v) is 2.54. The van der Waals surface area contributed by atoms with Gasteiger partial charge in [0.15, 0.2) is 0 Å². The first-order valence-electron chi connectivity index (χ1n) is 4.26. The Morgan fingerprint density at radius 3 is 2.50 bits per heavy atom. The van der Waals surface area contributed by atoms with Crippen molar-refractivity contribution < 1.29 is 8.78 Å². The molecule has 0 radical (unpaired) electrons. The van der Waals surface area contributed by atoms with E-state index in [1.54, 1.807) is 0 Å². The highest BCUT2D eigenvalue weighted by molar-refractivity contribution is 4.89. The van der Waals surface area contributed by atoms with Crippen molar-refractivity contribution in [2.24, 2.45) is 11.7 Å². The number of likely N-dealkylation sites (tertiary alicyclic amines) is 1. The number of hydrogen-bond donors (Lipinski definition) is 1. The van der Waals surface area contributed by atoms with E-state index in [0.29, 0.717) is 13.0 Å². The summed E-state index contributed by atoms with van der Waals surface area (Å²) < 4.78 is 26.5. The maximum atomic E-state index is 13.3. The molecule has 2 N–H and O–H groups in total. The van der Waals surface area contributed by atoms with Crippen LogP contribution in [0.3, 0.4) is 0 Å². The molecule has 72 valence electrons. The van der Waals surface area contributed by atoms with E-state index >= 15 is 0 Å². The van der Waals surface area contributed by atoms with Gasteiger partial charge in [0.05, 0.1) is 6.04 Å². The van der Waals surface area contributed by atoms with Crippen LogP contribution in [-0.2, 0) is 0 Å². The molecule has 1 fully saturated rings. The van der Waals surface area contributed by atoms with Crippen LogP contribution in [0, 0.1) is 5.92 Å². The van der Waals surface area contributed by atoms with Crippen molar-refractivity contribution in [3.05, 3.63) is 0 Å². The van der Waals surface area contributed by atoms with Gasteiger partial charge in [-0.15, -0.1) is 0 Å². The SMILES string of the molecule is CC(N)C(F)(F)C1CCN(C)C1. The van der Waals surface area contributed by atoms with Crippen molar-refractivity contribution in [3.63, 3.8) is 0 Å². The highest BCUT2D eigenvalue weighted by Crippen LogP contribution is 2.33. The van der Waals surface area contributed by atoms with E-state index in [2.05, 4.69) is 0 Å². The van der Waals surface area contributed by atoms with Gasteiger partial charge in [0.1, 0.15) is 0 Å². The maximum absolute atomic E-state index is 13.3. The van der Waals surface area contributed by atoms with Gasteiger partial charge in [0.2, 0.25) is 0 Å². The molecule has 0 bridgehead atoms. The third kappa shape index (κ3) is 1.75. The Hall–Kier alpha value is -0.220. The minimum Gasteiger partial charge on any atom is -0.323 e. The van der Waals surface area contributed by atoms with Gasteiger partial charge in [-0.1, -0.05) is 0 Å². The summed E-state index contributed by atoms with van der Waals surface area (Å²) in [4.78, 5) is 1.92. The van der Waals surface area contributed by atoms with Crippen molar-refractivity contribution in [2.75, 3.05) is 20.1 Å². The van der Waals surface area contributed by atoms with E-state index in [-0.39, 0.29) is 0 Å². The highest BCUT2D eigenvalue weighted by Gasteiger charge is 2.45. The van der Waals surface area contributed by atoms with Crippen LogP contribution in [0.4, 0.5) is 8.78 Å². The Labute approximate surface area is 71.7 Å². The summed E-state index contributed by atoms with van der Waals surface area (Å²) in [7, 11) is 1.86. The van der Waals surface area contributed by atoms with Crippen molar-refractivity contribution in [1.82, 2.24) is 4.90 Å². The van der Waals surface area contributed by atoms with Gasteiger partial charge in [-0.25, -0.2) is 8.78 Å². The number of nitrogens with zero attached hydrogens (tertiary/aromatic N) is 1. The van der Waals surface area contributed by atoms with Crippen LogP contribution >= 0.6 is 0 Å². The molecule has 2 nitrogen and oxygen atoms in total. The number of hydrogen-bond acceptors (Lipinski definition) is 2. The van der Waals surface area contributed by atoms with Crippen LogP contribution in [0.2, 0.25) is 0 Å². The standard InChI is InChI=1S/C8H16F2N2/c1-6(11)8(9,10)7-3-4-12(2)5-7/h6-7H,3-5,11H2,1-2H3. The molecule has 2 unspecified atom stereocenters. The number of rotatable bonds is 2. The first-order valence-corrected chi connectivity index (χ1v) is 4.26. The number of halogens is 2. The van der Waals surface area contributed by atoms with E-state index in [1.165, 1.54) is 6.92 Å². The van der Waals surface area contributed by atoms with Gasteiger partial charge < -0.3 is 10.6 Å². The molecule has 1 aliphatic rings. The lowest BCUT2D eigenvalue weighted by atomic mass is 9.95. The zero-order valence-corrected chi connectivity index (χ0v) is 7.56. The Morgan fingerprint density at radius 2 is 2.17 bits per heavy atom. The van der Waals surface area contributed by atoms with Crippen LogP contribution in [0.5, 0.6) is 0 Å². The van der Waals surface area contributed by atoms with Crippen LogP contribution in [0.25, 0.3) is 0 Å². The third-order valence-electron chi connectivity index (χ3n) is 2.54. The molecule has 0 aromatic rings. The van der Waals surface area contributed by atoms with E-state index in [0.717, 1.165) is 6.54 Å². The summed E-state index contributed by atoms with van der Waals surface area (Å²) in [6.45, 7) is 2.60. The van der Waals surface area contributed by atoms with Gasteiger partial charge in [-0.05, 0) is 26.9 Å². The number of alkyl halides is 2. The molecule has 0 aliphatic carbocycles. The lowest BCUT2D eigenvalue weighted by Gasteiger charge is -2.26. The van der Waals surface area contributed by atoms with Crippen LogP contribution in [0.15, 0.2) is 0 Å². The molecule has 12 heavy (non-hydrogen) atoms. The molecule has 1 rings (SSSR count). The predicted molar refractivity (Wildman–Crippen MR) is 44.2 cm³/mol. The zero-order chi connectivity index (χ0) is 9.35. The second-order valence-electron chi connectivity index (χ2n) is 3.71. The molecular formula is C8H16F2N2. The Balaban J connectivity index is 2.57. The van der Waals surface area contributed by atoms with Crippen LogP contribution in [-0.4, -0.2) is 37.0 Å². The minimum atomic E-state index is -2.70. The van der Waals surface area contributed by atoms with Crippen molar-refractivity contribution >= 4 is 0 Å². The quantitative estimate of drug-likeness (QED) is 0.681. The molecular weight excluding hydrogens is 162 g/mol. The summed E-state index contributed by atoms with van der Waals surface area (Å²) in [6.07, 6.45) is 0.561. The number of nitrogens with two attached hydrogens (primary N) is 1. The highest BCUT2D eigenvalue weighted by atomic mass is 19.3. The fourth-order valence-corrected chi connectivity index (χ4v) is 1.62. The van der Waals surface area contributed by atoms with E-state index in [4.69, 9.17) is 5.73 Å². The first kappa shape index (κ1) is 9.86. The molecule has 0 aromatic heterocycles. The Morgan fingerprint density at radius 1 is 1.58 bits per heavy atom. The molecule has 0 saturated carbocycles. The van der Waals surface area contributed by atoms with Gasteiger partial charge in [0, 0.05) is 12.5 Å². The fourth-order valence-electron chi connectivity index (χ4n) is 1.62. The maximum Gasteiger partial charge on any atom is 0.266 e. The van der Waals surface area contributed by atoms with Crippen LogP contribution < -0.4 is 5.73 Å². The smallest absolute Gasteiger partial charge is 0.266 e. The molecule has 4 heteroatoms. The van der Waals surface area contributed by atoms with E-state index in [1.807, 2.05) is 11.9 Å². The average Bonchev–Trinajstić information content (AvgIpc) is 2.35. The summed E-state index contributed by atoms with van der Waals surface area (Å²) in [6, 6.07) is -1.03. The van der Waals surface area contributed by atoms with Crippen molar-refractivity contribution in [2.45, 2.75) is 25.3 Å². The van der Waals surface area contributed by atoms with Crippen LogP contribution in [0.1, 0.15) is 13.3 Å². The first-order chi connectivity index (χ1) is 5.44.